The van der Waals surface area contributed by atoms with Crippen LogP contribution in [0.1, 0.15) is 55.3 Å². The molecule has 0 bridgehead atoms. The minimum Gasteiger partial charge on any atom is -0.476 e. The summed E-state index contributed by atoms with van der Waals surface area (Å²) >= 11 is 1.88. The van der Waals surface area contributed by atoms with Crippen molar-refractivity contribution in [3.63, 3.8) is 0 Å². The number of nitrogens with one attached hydrogen (secondary N) is 1. The first-order valence-electron chi connectivity index (χ1n) is 6.90. The molecule has 0 radical (unpaired) electrons. The molecule has 1 aliphatic rings. The van der Waals surface area contributed by atoms with Gasteiger partial charge in [0.05, 0.1) is 11.9 Å². The second-order valence-corrected chi connectivity index (χ2v) is 6.60. The fourth-order valence-electron chi connectivity index (χ4n) is 2.45. The molecule has 1 saturated carbocycles. The molecule has 0 aliphatic heterocycles. The highest BCUT2D eigenvalue weighted by Crippen LogP contribution is 2.30. The average Bonchev–Trinajstić information content (AvgIpc) is 2.86. The van der Waals surface area contributed by atoms with E-state index in [4.69, 9.17) is 0 Å². The van der Waals surface area contributed by atoms with Crippen molar-refractivity contribution in [2.75, 3.05) is 11.6 Å². The van der Waals surface area contributed by atoms with Gasteiger partial charge in [-0.25, -0.2) is 14.8 Å². The number of hydrogen-bond acceptors (Lipinski definition) is 5. The molecule has 2 rings (SSSR count). The molecule has 2 atom stereocenters. The molecule has 110 valence electrons. The molecule has 1 aliphatic carbocycles. The summed E-state index contributed by atoms with van der Waals surface area (Å²) in [6.45, 7) is 3.90. The van der Waals surface area contributed by atoms with Gasteiger partial charge in [-0.3, -0.25) is 0 Å². The van der Waals surface area contributed by atoms with Gasteiger partial charge in [0.15, 0.2) is 5.69 Å². The zero-order valence-electron chi connectivity index (χ0n) is 12.1. The second-order valence-electron chi connectivity index (χ2n) is 5.46. The maximum absolute atomic E-state index is 11.4. The third-order valence-electron chi connectivity index (χ3n) is 3.60. The molecule has 6 heteroatoms. The number of carboxylic acids is 1. The van der Waals surface area contributed by atoms with Crippen molar-refractivity contribution < 1.29 is 9.90 Å². The number of aromatic carboxylic acids is 1. The Balaban J connectivity index is 2.17. The highest BCUT2D eigenvalue weighted by Gasteiger charge is 2.25. The largest absolute Gasteiger partial charge is 0.476 e. The van der Waals surface area contributed by atoms with Crippen LogP contribution in [0.4, 0.5) is 5.69 Å². The van der Waals surface area contributed by atoms with Crippen molar-refractivity contribution >= 4 is 23.4 Å². The van der Waals surface area contributed by atoms with E-state index in [1.807, 2.05) is 25.6 Å². The predicted molar refractivity (Wildman–Crippen MR) is 81.6 cm³/mol. The number of hydrogen-bond donors (Lipinski definition) is 2. The summed E-state index contributed by atoms with van der Waals surface area (Å²) in [5.41, 5.74) is 0.616. The van der Waals surface area contributed by atoms with Crippen LogP contribution < -0.4 is 5.32 Å². The van der Waals surface area contributed by atoms with Crippen LogP contribution in [-0.4, -0.2) is 38.6 Å². The number of rotatable bonds is 5. The fraction of sp³-hybridized carbons (Fsp3) is 0.643. The van der Waals surface area contributed by atoms with E-state index in [0.29, 0.717) is 22.8 Å². The minimum atomic E-state index is -1.00. The summed E-state index contributed by atoms with van der Waals surface area (Å²) in [5, 5.41) is 13.3. The van der Waals surface area contributed by atoms with E-state index < -0.39 is 5.97 Å². The molecule has 1 aromatic heterocycles. The van der Waals surface area contributed by atoms with Gasteiger partial charge in [-0.05, 0) is 25.5 Å². The fourth-order valence-corrected chi connectivity index (χ4v) is 3.24. The third kappa shape index (κ3) is 3.42. The van der Waals surface area contributed by atoms with Crippen LogP contribution in [0.3, 0.4) is 0 Å². The molecule has 0 saturated heterocycles. The van der Waals surface area contributed by atoms with Gasteiger partial charge in [0.1, 0.15) is 5.82 Å². The Morgan fingerprint density at radius 3 is 2.80 bits per heavy atom. The van der Waals surface area contributed by atoms with Crippen LogP contribution in [-0.2, 0) is 0 Å². The van der Waals surface area contributed by atoms with Crippen molar-refractivity contribution in [3.8, 4) is 0 Å². The Bertz CT molecular complexity index is 493. The number of carboxylic acid groups (broad SMARTS) is 1. The van der Waals surface area contributed by atoms with Crippen molar-refractivity contribution in [1.82, 2.24) is 9.97 Å². The zero-order chi connectivity index (χ0) is 14.7. The molecular weight excluding hydrogens is 274 g/mol. The molecule has 2 unspecified atom stereocenters. The quantitative estimate of drug-likeness (QED) is 0.869. The van der Waals surface area contributed by atoms with Gasteiger partial charge < -0.3 is 10.4 Å². The molecule has 0 aromatic carbocycles. The first kappa shape index (κ1) is 15.1. The minimum absolute atomic E-state index is 0.0799. The van der Waals surface area contributed by atoms with Crippen LogP contribution in [0.25, 0.3) is 0 Å². The standard InChI is InChI=1S/C14H21N3O2S/c1-8(2)13-15-7-11(12(17-13)14(18)19)16-9-4-5-10(6-9)20-3/h7-10,16H,4-6H2,1-3H3,(H,18,19). The first-order valence-corrected chi connectivity index (χ1v) is 8.19. The van der Waals surface area contributed by atoms with Crippen molar-refractivity contribution in [2.24, 2.45) is 0 Å². The molecule has 0 spiro atoms. The molecule has 1 heterocycles. The molecular formula is C14H21N3O2S. The van der Waals surface area contributed by atoms with Gasteiger partial charge >= 0.3 is 5.97 Å². The Labute approximate surface area is 123 Å². The van der Waals surface area contributed by atoms with Crippen molar-refractivity contribution in [3.05, 3.63) is 17.7 Å². The summed E-state index contributed by atoms with van der Waals surface area (Å²) in [6, 6.07) is 0.319. The molecule has 2 N–H and O–H groups in total. The maximum atomic E-state index is 11.4. The highest BCUT2D eigenvalue weighted by atomic mass is 32.2. The van der Waals surface area contributed by atoms with Gasteiger partial charge in [-0.2, -0.15) is 11.8 Å². The van der Waals surface area contributed by atoms with E-state index in [0.717, 1.165) is 12.8 Å². The molecule has 5 nitrogen and oxygen atoms in total. The lowest BCUT2D eigenvalue weighted by molar-refractivity contribution is 0.0691. The highest BCUT2D eigenvalue weighted by molar-refractivity contribution is 7.99. The van der Waals surface area contributed by atoms with Crippen LogP contribution in [0.2, 0.25) is 0 Å². The summed E-state index contributed by atoms with van der Waals surface area (Å²) < 4.78 is 0. The van der Waals surface area contributed by atoms with Crippen LogP contribution in [0.5, 0.6) is 0 Å². The Morgan fingerprint density at radius 1 is 1.50 bits per heavy atom. The molecule has 20 heavy (non-hydrogen) atoms. The summed E-state index contributed by atoms with van der Waals surface area (Å²) in [6.07, 6.45) is 7.03. The zero-order valence-corrected chi connectivity index (χ0v) is 12.9. The summed E-state index contributed by atoms with van der Waals surface area (Å²) in [7, 11) is 0. The normalized spacial score (nSPS) is 22.2. The Morgan fingerprint density at radius 2 is 2.25 bits per heavy atom. The second kappa shape index (κ2) is 6.43. The lowest BCUT2D eigenvalue weighted by Gasteiger charge is -2.16. The SMILES string of the molecule is CSC1CCC(Nc2cnc(C(C)C)nc2C(=O)O)C1. The summed E-state index contributed by atoms with van der Waals surface area (Å²) in [5.74, 6) is -0.313. The molecule has 1 fully saturated rings. The van der Waals surface area contributed by atoms with Crippen molar-refractivity contribution in [1.29, 1.82) is 0 Å². The number of aromatic nitrogens is 2. The van der Waals surface area contributed by atoms with Crippen LogP contribution in [0.15, 0.2) is 6.20 Å². The van der Waals surface area contributed by atoms with E-state index in [2.05, 4.69) is 21.5 Å². The third-order valence-corrected chi connectivity index (χ3v) is 4.70. The molecule has 0 amide bonds. The number of thioether (sulfide) groups is 1. The van der Waals surface area contributed by atoms with Gasteiger partial charge in [0.25, 0.3) is 0 Å². The van der Waals surface area contributed by atoms with Crippen molar-refractivity contribution in [2.45, 2.75) is 50.3 Å². The van der Waals surface area contributed by atoms with Gasteiger partial charge in [0.2, 0.25) is 0 Å². The van der Waals surface area contributed by atoms with Crippen LogP contribution >= 0.6 is 11.8 Å². The van der Waals surface area contributed by atoms with E-state index in [1.54, 1.807) is 6.20 Å². The topological polar surface area (TPSA) is 75.1 Å². The van der Waals surface area contributed by atoms with Crippen LogP contribution in [0, 0.1) is 0 Å². The Kier molecular flexibility index (Phi) is 4.86. The number of anilines is 1. The van der Waals surface area contributed by atoms with E-state index >= 15 is 0 Å². The van der Waals surface area contributed by atoms with E-state index in [-0.39, 0.29) is 11.6 Å². The average molecular weight is 295 g/mol. The van der Waals surface area contributed by atoms with E-state index in [1.165, 1.54) is 6.42 Å². The predicted octanol–water partition coefficient (Wildman–Crippen LogP) is 2.99. The monoisotopic (exact) mass is 295 g/mol. The van der Waals surface area contributed by atoms with E-state index in [9.17, 15) is 9.90 Å². The maximum Gasteiger partial charge on any atom is 0.356 e. The van der Waals surface area contributed by atoms with Gasteiger partial charge in [-0.15, -0.1) is 0 Å². The smallest absolute Gasteiger partial charge is 0.356 e. The number of nitrogens with zero attached hydrogens (tertiary/aromatic N) is 2. The lowest BCUT2D eigenvalue weighted by atomic mass is 10.2. The summed E-state index contributed by atoms with van der Waals surface area (Å²) in [4.78, 5) is 19.8. The van der Waals surface area contributed by atoms with Gasteiger partial charge in [-0.1, -0.05) is 13.8 Å². The van der Waals surface area contributed by atoms with Gasteiger partial charge in [0, 0.05) is 17.2 Å². The number of carbonyl (C=O) groups is 1. The first-order chi connectivity index (χ1) is 9.51. The lowest BCUT2D eigenvalue weighted by Crippen LogP contribution is -2.20. The Hall–Kier alpha value is -1.30. The molecule has 1 aromatic rings.